The van der Waals surface area contributed by atoms with Crippen LogP contribution in [0.5, 0.6) is 0 Å². The molecule has 0 saturated carbocycles. The summed E-state index contributed by atoms with van der Waals surface area (Å²) in [4.78, 5) is 6.97. The molecule has 2 heterocycles. The minimum Gasteiger partial charge on any atom is -0.398 e. The standard InChI is InChI=1S/C16H21N3O/c17-14-7-8-15(16-13(14)6-1-9-18-16)19-10-2-4-12(19)5-3-11-20/h1,6-9,12,20H,2-5,10-11,17H2. The van der Waals surface area contributed by atoms with Crippen LogP contribution in [-0.2, 0) is 0 Å². The van der Waals surface area contributed by atoms with E-state index in [0.29, 0.717) is 6.04 Å². The third-order valence-electron chi connectivity index (χ3n) is 4.16. The van der Waals surface area contributed by atoms with E-state index in [-0.39, 0.29) is 6.61 Å². The second-order valence-corrected chi connectivity index (χ2v) is 5.43. The Labute approximate surface area is 119 Å². The van der Waals surface area contributed by atoms with Gasteiger partial charge in [0.25, 0.3) is 0 Å². The van der Waals surface area contributed by atoms with Crippen LogP contribution in [0.25, 0.3) is 10.9 Å². The first-order valence-corrected chi connectivity index (χ1v) is 7.32. The van der Waals surface area contributed by atoms with Gasteiger partial charge in [-0.15, -0.1) is 0 Å². The lowest BCUT2D eigenvalue weighted by molar-refractivity contribution is 0.279. The van der Waals surface area contributed by atoms with Gasteiger partial charge in [0.15, 0.2) is 0 Å². The Morgan fingerprint density at radius 3 is 3.10 bits per heavy atom. The van der Waals surface area contributed by atoms with E-state index < -0.39 is 0 Å². The molecular formula is C16H21N3O. The van der Waals surface area contributed by atoms with Gasteiger partial charge in [0.05, 0.1) is 11.2 Å². The highest BCUT2D eigenvalue weighted by Crippen LogP contribution is 2.34. The highest BCUT2D eigenvalue weighted by atomic mass is 16.2. The van der Waals surface area contributed by atoms with Gasteiger partial charge in [0, 0.05) is 36.5 Å². The molecule has 3 N–H and O–H groups in total. The van der Waals surface area contributed by atoms with E-state index in [1.54, 1.807) is 0 Å². The minimum atomic E-state index is 0.269. The maximum absolute atomic E-state index is 9.04. The smallest absolute Gasteiger partial charge is 0.0956 e. The summed E-state index contributed by atoms with van der Waals surface area (Å²) in [5, 5.41) is 10.1. The van der Waals surface area contributed by atoms with Crippen molar-refractivity contribution >= 4 is 22.3 Å². The monoisotopic (exact) mass is 271 g/mol. The largest absolute Gasteiger partial charge is 0.398 e. The molecule has 20 heavy (non-hydrogen) atoms. The average molecular weight is 271 g/mol. The highest BCUT2D eigenvalue weighted by Gasteiger charge is 2.26. The zero-order chi connectivity index (χ0) is 13.9. The van der Waals surface area contributed by atoms with Gasteiger partial charge in [0.1, 0.15) is 0 Å². The van der Waals surface area contributed by atoms with Gasteiger partial charge in [-0.3, -0.25) is 4.98 Å². The molecule has 3 rings (SSSR count). The topological polar surface area (TPSA) is 62.4 Å². The van der Waals surface area contributed by atoms with Gasteiger partial charge in [0.2, 0.25) is 0 Å². The molecule has 1 atom stereocenters. The normalized spacial score (nSPS) is 18.9. The van der Waals surface area contributed by atoms with Crippen LogP contribution in [0.3, 0.4) is 0 Å². The van der Waals surface area contributed by atoms with Gasteiger partial charge in [-0.25, -0.2) is 0 Å². The highest BCUT2D eigenvalue weighted by molar-refractivity contribution is 5.98. The van der Waals surface area contributed by atoms with Crippen LogP contribution in [0.1, 0.15) is 25.7 Å². The Morgan fingerprint density at radius 2 is 2.25 bits per heavy atom. The maximum atomic E-state index is 9.04. The summed E-state index contributed by atoms with van der Waals surface area (Å²) in [5.74, 6) is 0. The van der Waals surface area contributed by atoms with Crippen molar-refractivity contribution in [3.8, 4) is 0 Å². The molecule has 0 amide bonds. The fourth-order valence-corrected chi connectivity index (χ4v) is 3.19. The van der Waals surface area contributed by atoms with E-state index >= 15 is 0 Å². The van der Waals surface area contributed by atoms with Gasteiger partial charge in [-0.2, -0.15) is 0 Å². The number of nitrogens with zero attached hydrogens (tertiary/aromatic N) is 2. The van der Waals surface area contributed by atoms with Crippen molar-refractivity contribution in [2.24, 2.45) is 0 Å². The average Bonchev–Trinajstić information content (AvgIpc) is 2.94. The Hall–Kier alpha value is -1.81. The number of nitrogen functional groups attached to an aromatic ring is 1. The van der Waals surface area contributed by atoms with Crippen molar-refractivity contribution < 1.29 is 5.11 Å². The number of fused-ring (bicyclic) bond motifs is 1. The van der Waals surface area contributed by atoms with Crippen molar-refractivity contribution in [2.45, 2.75) is 31.7 Å². The van der Waals surface area contributed by atoms with E-state index in [4.69, 9.17) is 10.8 Å². The van der Waals surface area contributed by atoms with Crippen molar-refractivity contribution in [1.82, 2.24) is 4.98 Å². The number of benzene rings is 1. The summed E-state index contributed by atoms with van der Waals surface area (Å²) in [5.41, 5.74) is 8.99. The first-order chi connectivity index (χ1) is 9.81. The Balaban J connectivity index is 1.99. The van der Waals surface area contributed by atoms with Crippen molar-refractivity contribution in [1.29, 1.82) is 0 Å². The Bertz CT molecular complexity index is 599. The number of rotatable bonds is 4. The van der Waals surface area contributed by atoms with Crippen LogP contribution in [0.4, 0.5) is 11.4 Å². The number of aliphatic hydroxyl groups excluding tert-OH is 1. The number of nitrogens with two attached hydrogens (primary N) is 1. The quantitative estimate of drug-likeness (QED) is 0.839. The van der Waals surface area contributed by atoms with Gasteiger partial charge < -0.3 is 15.7 Å². The molecule has 0 radical (unpaired) electrons. The van der Waals surface area contributed by atoms with Crippen LogP contribution in [0, 0.1) is 0 Å². The Morgan fingerprint density at radius 1 is 1.35 bits per heavy atom. The van der Waals surface area contributed by atoms with Crippen molar-refractivity contribution in [3.63, 3.8) is 0 Å². The molecule has 4 nitrogen and oxygen atoms in total. The zero-order valence-corrected chi connectivity index (χ0v) is 11.6. The molecule has 1 fully saturated rings. The minimum absolute atomic E-state index is 0.269. The van der Waals surface area contributed by atoms with Gasteiger partial charge >= 0.3 is 0 Å². The molecule has 1 saturated heterocycles. The lowest BCUT2D eigenvalue weighted by atomic mass is 10.1. The predicted molar refractivity (Wildman–Crippen MR) is 82.8 cm³/mol. The SMILES string of the molecule is Nc1ccc(N2CCCC2CCCO)c2ncccc12. The summed E-state index contributed by atoms with van der Waals surface area (Å²) in [7, 11) is 0. The van der Waals surface area contributed by atoms with Crippen LogP contribution in [0.2, 0.25) is 0 Å². The summed E-state index contributed by atoms with van der Waals surface area (Å²) in [6, 6.07) is 8.52. The molecule has 0 spiro atoms. The molecule has 1 aliphatic heterocycles. The number of pyridine rings is 1. The molecular weight excluding hydrogens is 250 g/mol. The number of hydrogen-bond acceptors (Lipinski definition) is 4. The van der Waals surface area contributed by atoms with E-state index in [0.717, 1.165) is 36.0 Å². The second-order valence-electron chi connectivity index (χ2n) is 5.43. The summed E-state index contributed by atoms with van der Waals surface area (Å²) >= 11 is 0. The summed E-state index contributed by atoms with van der Waals surface area (Å²) in [6.45, 7) is 1.33. The molecule has 1 unspecified atom stereocenters. The van der Waals surface area contributed by atoms with Gasteiger partial charge in [-0.1, -0.05) is 0 Å². The molecule has 1 aliphatic rings. The van der Waals surface area contributed by atoms with E-state index in [9.17, 15) is 0 Å². The molecule has 4 heteroatoms. The summed E-state index contributed by atoms with van der Waals surface area (Å²) in [6.07, 6.45) is 6.12. The van der Waals surface area contributed by atoms with E-state index in [1.807, 2.05) is 24.4 Å². The first-order valence-electron chi connectivity index (χ1n) is 7.32. The fourth-order valence-electron chi connectivity index (χ4n) is 3.19. The van der Waals surface area contributed by atoms with E-state index in [1.165, 1.54) is 18.5 Å². The van der Waals surface area contributed by atoms with Gasteiger partial charge in [-0.05, 0) is 49.9 Å². The molecule has 0 bridgehead atoms. The van der Waals surface area contributed by atoms with Crippen LogP contribution < -0.4 is 10.6 Å². The van der Waals surface area contributed by atoms with Crippen LogP contribution in [-0.4, -0.2) is 29.3 Å². The predicted octanol–water partition coefficient (Wildman–Crippen LogP) is 2.56. The molecule has 1 aromatic heterocycles. The van der Waals surface area contributed by atoms with Crippen LogP contribution >= 0.6 is 0 Å². The number of hydrogen-bond donors (Lipinski definition) is 2. The lowest BCUT2D eigenvalue weighted by Gasteiger charge is -2.27. The third kappa shape index (κ3) is 2.31. The third-order valence-corrected chi connectivity index (χ3v) is 4.16. The summed E-state index contributed by atoms with van der Waals surface area (Å²) < 4.78 is 0. The lowest BCUT2D eigenvalue weighted by Crippen LogP contribution is -2.29. The first kappa shape index (κ1) is 13.2. The van der Waals surface area contributed by atoms with Crippen molar-refractivity contribution in [3.05, 3.63) is 30.5 Å². The maximum Gasteiger partial charge on any atom is 0.0956 e. The number of aromatic nitrogens is 1. The zero-order valence-electron chi connectivity index (χ0n) is 11.6. The fraction of sp³-hybridized carbons (Fsp3) is 0.438. The number of anilines is 2. The van der Waals surface area contributed by atoms with Crippen molar-refractivity contribution in [2.75, 3.05) is 23.8 Å². The van der Waals surface area contributed by atoms with E-state index in [2.05, 4.69) is 16.0 Å². The molecule has 1 aromatic carbocycles. The molecule has 2 aromatic rings. The molecule has 0 aliphatic carbocycles. The molecule has 106 valence electrons. The second kappa shape index (κ2) is 5.67. The Kier molecular flexibility index (Phi) is 3.74. The van der Waals surface area contributed by atoms with Crippen LogP contribution in [0.15, 0.2) is 30.5 Å². The number of aliphatic hydroxyl groups is 1.